The second-order valence-corrected chi connectivity index (χ2v) is 3.33. The Labute approximate surface area is 88.1 Å². The number of carboxylic acid groups (broad SMARTS) is 1. The second-order valence-electron chi connectivity index (χ2n) is 3.33. The van der Waals surface area contributed by atoms with Crippen LogP contribution in [0.5, 0.6) is 0 Å². The molecule has 0 amide bonds. The van der Waals surface area contributed by atoms with E-state index in [0.717, 1.165) is 0 Å². The zero-order valence-corrected chi connectivity index (χ0v) is 8.80. The summed E-state index contributed by atoms with van der Waals surface area (Å²) in [4.78, 5) is 18.5. The number of nitrogens with zero attached hydrogens (tertiary/aromatic N) is 2. The Kier molecular flexibility index (Phi) is 4.17. The normalized spacial score (nSPS) is 10.6. The van der Waals surface area contributed by atoms with Crippen molar-refractivity contribution >= 4 is 5.97 Å². The monoisotopic (exact) mass is 210 g/mol. The maximum absolute atomic E-state index is 10.6. The number of carboxylic acids is 1. The van der Waals surface area contributed by atoms with E-state index in [2.05, 4.69) is 9.97 Å². The first-order valence-corrected chi connectivity index (χ1v) is 4.76. The molecule has 0 unspecified atom stereocenters. The van der Waals surface area contributed by atoms with E-state index in [1.54, 1.807) is 0 Å². The van der Waals surface area contributed by atoms with Gasteiger partial charge in [-0.25, -0.2) is 14.8 Å². The SMILES string of the molecule is CC(C)OCCc1nccc(C(=O)O)n1. The van der Waals surface area contributed by atoms with E-state index in [9.17, 15) is 4.79 Å². The fourth-order valence-corrected chi connectivity index (χ4v) is 1.02. The smallest absolute Gasteiger partial charge is 0.354 e. The van der Waals surface area contributed by atoms with Gasteiger partial charge in [0, 0.05) is 12.6 Å². The first kappa shape index (κ1) is 11.6. The molecule has 1 aromatic heterocycles. The first-order chi connectivity index (χ1) is 7.09. The summed E-state index contributed by atoms with van der Waals surface area (Å²) in [5, 5.41) is 8.70. The van der Waals surface area contributed by atoms with Crippen molar-refractivity contribution in [3.63, 3.8) is 0 Å². The summed E-state index contributed by atoms with van der Waals surface area (Å²) in [5.74, 6) is -0.543. The van der Waals surface area contributed by atoms with Crippen LogP contribution in [-0.4, -0.2) is 33.8 Å². The van der Waals surface area contributed by atoms with Crippen molar-refractivity contribution < 1.29 is 14.6 Å². The summed E-state index contributed by atoms with van der Waals surface area (Å²) < 4.78 is 5.32. The molecule has 1 heterocycles. The quantitative estimate of drug-likeness (QED) is 0.789. The van der Waals surface area contributed by atoms with Crippen molar-refractivity contribution in [1.29, 1.82) is 0 Å². The lowest BCUT2D eigenvalue weighted by molar-refractivity contribution is 0.0686. The summed E-state index contributed by atoms with van der Waals surface area (Å²) in [6.07, 6.45) is 2.13. The molecule has 0 fully saturated rings. The third kappa shape index (κ3) is 4.03. The second kappa shape index (κ2) is 5.41. The highest BCUT2D eigenvalue weighted by Crippen LogP contribution is 1.98. The fraction of sp³-hybridized carbons (Fsp3) is 0.500. The Hall–Kier alpha value is -1.49. The van der Waals surface area contributed by atoms with Crippen molar-refractivity contribution in [2.45, 2.75) is 26.4 Å². The first-order valence-electron chi connectivity index (χ1n) is 4.76. The van der Waals surface area contributed by atoms with Crippen LogP contribution in [0.25, 0.3) is 0 Å². The van der Waals surface area contributed by atoms with Gasteiger partial charge in [-0.2, -0.15) is 0 Å². The molecular weight excluding hydrogens is 196 g/mol. The molecule has 1 aromatic rings. The van der Waals surface area contributed by atoms with Gasteiger partial charge in [-0.05, 0) is 19.9 Å². The molecule has 0 aliphatic rings. The Morgan fingerprint density at radius 3 is 2.93 bits per heavy atom. The zero-order valence-electron chi connectivity index (χ0n) is 8.80. The number of aromatic nitrogens is 2. The van der Waals surface area contributed by atoms with Crippen LogP contribution in [0, 0.1) is 0 Å². The standard InChI is InChI=1S/C10H14N2O3/c1-7(2)15-6-4-9-11-5-3-8(12-9)10(13)14/h3,5,7H,4,6H2,1-2H3,(H,13,14). The van der Waals surface area contributed by atoms with E-state index in [1.807, 2.05) is 13.8 Å². The van der Waals surface area contributed by atoms with E-state index < -0.39 is 5.97 Å². The van der Waals surface area contributed by atoms with E-state index >= 15 is 0 Å². The van der Waals surface area contributed by atoms with Gasteiger partial charge >= 0.3 is 5.97 Å². The molecule has 1 N–H and O–H groups in total. The Bertz CT molecular complexity index is 339. The minimum atomic E-state index is -1.04. The van der Waals surface area contributed by atoms with Crippen molar-refractivity contribution in [3.05, 3.63) is 23.8 Å². The van der Waals surface area contributed by atoms with Crippen LogP contribution in [-0.2, 0) is 11.2 Å². The predicted molar refractivity (Wildman–Crippen MR) is 53.8 cm³/mol. The van der Waals surface area contributed by atoms with E-state index in [-0.39, 0.29) is 11.8 Å². The van der Waals surface area contributed by atoms with Crippen LogP contribution in [0.2, 0.25) is 0 Å². The van der Waals surface area contributed by atoms with Gasteiger partial charge < -0.3 is 9.84 Å². The van der Waals surface area contributed by atoms with Gasteiger partial charge in [0.05, 0.1) is 12.7 Å². The number of carbonyl (C=O) groups is 1. The van der Waals surface area contributed by atoms with Gasteiger partial charge in [-0.3, -0.25) is 0 Å². The average Bonchev–Trinajstić information content (AvgIpc) is 2.17. The van der Waals surface area contributed by atoms with Gasteiger partial charge in [-0.15, -0.1) is 0 Å². The molecule has 15 heavy (non-hydrogen) atoms. The van der Waals surface area contributed by atoms with Crippen LogP contribution in [0.4, 0.5) is 0 Å². The minimum absolute atomic E-state index is 0.0181. The molecule has 0 aliphatic carbocycles. The molecule has 0 saturated carbocycles. The topological polar surface area (TPSA) is 72.3 Å². The lowest BCUT2D eigenvalue weighted by Gasteiger charge is -2.06. The van der Waals surface area contributed by atoms with E-state index in [1.165, 1.54) is 12.3 Å². The number of hydrogen-bond donors (Lipinski definition) is 1. The summed E-state index contributed by atoms with van der Waals surface area (Å²) in [6, 6.07) is 1.37. The average molecular weight is 210 g/mol. The molecule has 82 valence electrons. The van der Waals surface area contributed by atoms with Crippen LogP contribution in [0.15, 0.2) is 12.3 Å². The lowest BCUT2D eigenvalue weighted by Crippen LogP contribution is -2.10. The molecule has 0 saturated heterocycles. The van der Waals surface area contributed by atoms with Gasteiger partial charge in [0.25, 0.3) is 0 Å². The van der Waals surface area contributed by atoms with Gasteiger partial charge in [0.1, 0.15) is 5.82 Å². The number of rotatable bonds is 5. The third-order valence-electron chi connectivity index (χ3n) is 1.70. The van der Waals surface area contributed by atoms with Gasteiger partial charge in [0.15, 0.2) is 5.69 Å². The molecule has 0 bridgehead atoms. The van der Waals surface area contributed by atoms with Crippen LogP contribution in [0.3, 0.4) is 0 Å². The van der Waals surface area contributed by atoms with E-state index in [0.29, 0.717) is 18.9 Å². The van der Waals surface area contributed by atoms with Gasteiger partial charge in [0.2, 0.25) is 0 Å². The summed E-state index contributed by atoms with van der Waals surface area (Å²) in [6.45, 7) is 4.38. The maximum Gasteiger partial charge on any atom is 0.354 e. The molecule has 0 radical (unpaired) electrons. The minimum Gasteiger partial charge on any atom is -0.477 e. The molecule has 0 atom stereocenters. The largest absolute Gasteiger partial charge is 0.477 e. The maximum atomic E-state index is 10.6. The van der Waals surface area contributed by atoms with Crippen molar-refractivity contribution in [2.75, 3.05) is 6.61 Å². The van der Waals surface area contributed by atoms with Gasteiger partial charge in [-0.1, -0.05) is 0 Å². The third-order valence-corrected chi connectivity index (χ3v) is 1.70. The molecule has 5 nitrogen and oxygen atoms in total. The van der Waals surface area contributed by atoms with Crippen molar-refractivity contribution in [2.24, 2.45) is 0 Å². The Morgan fingerprint density at radius 1 is 1.60 bits per heavy atom. The Balaban J connectivity index is 2.54. The van der Waals surface area contributed by atoms with Crippen LogP contribution < -0.4 is 0 Å². The summed E-state index contributed by atoms with van der Waals surface area (Å²) in [5.41, 5.74) is 0.0181. The predicted octanol–water partition coefficient (Wildman–Crippen LogP) is 1.14. The molecule has 0 aliphatic heterocycles. The summed E-state index contributed by atoms with van der Waals surface area (Å²) >= 11 is 0. The van der Waals surface area contributed by atoms with Crippen LogP contribution >= 0.6 is 0 Å². The molecular formula is C10H14N2O3. The highest BCUT2D eigenvalue weighted by atomic mass is 16.5. The Morgan fingerprint density at radius 2 is 2.33 bits per heavy atom. The fourth-order valence-electron chi connectivity index (χ4n) is 1.02. The molecule has 5 heteroatoms. The molecule has 1 rings (SSSR count). The number of aromatic carboxylic acids is 1. The molecule has 0 aromatic carbocycles. The molecule has 0 spiro atoms. The zero-order chi connectivity index (χ0) is 11.3. The van der Waals surface area contributed by atoms with Crippen molar-refractivity contribution in [1.82, 2.24) is 9.97 Å². The number of hydrogen-bond acceptors (Lipinski definition) is 4. The number of ether oxygens (including phenoxy) is 1. The van der Waals surface area contributed by atoms with E-state index in [4.69, 9.17) is 9.84 Å². The van der Waals surface area contributed by atoms with Crippen LogP contribution in [0.1, 0.15) is 30.2 Å². The van der Waals surface area contributed by atoms with Crippen molar-refractivity contribution in [3.8, 4) is 0 Å². The summed E-state index contributed by atoms with van der Waals surface area (Å²) in [7, 11) is 0. The highest BCUT2D eigenvalue weighted by molar-refractivity contribution is 5.85. The lowest BCUT2D eigenvalue weighted by atomic mass is 10.3. The highest BCUT2D eigenvalue weighted by Gasteiger charge is 2.06.